The van der Waals surface area contributed by atoms with Gasteiger partial charge >= 0.3 is 0 Å². The van der Waals surface area contributed by atoms with Gasteiger partial charge in [0.1, 0.15) is 0 Å². The number of allylic oxidation sites excluding steroid dienone is 1. The molecule has 1 N–H and O–H groups in total. The van der Waals surface area contributed by atoms with E-state index in [4.69, 9.17) is 0 Å². The molecule has 0 heterocycles. The minimum Gasteiger partial charge on any atom is -0.242 e. The molecule has 0 aromatic heterocycles. The van der Waals surface area contributed by atoms with E-state index in [0.29, 0.717) is 5.92 Å². The minimum absolute atomic E-state index is 0.219. The Morgan fingerprint density at radius 1 is 1.27 bits per heavy atom. The van der Waals surface area contributed by atoms with Crippen molar-refractivity contribution in [2.24, 2.45) is 5.92 Å². The van der Waals surface area contributed by atoms with Crippen molar-refractivity contribution in [3.63, 3.8) is 0 Å². The van der Waals surface area contributed by atoms with E-state index in [1.54, 1.807) is 0 Å². The van der Waals surface area contributed by atoms with Gasteiger partial charge in [-0.2, -0.15) is 0 Å². The highest BCUT2D eigenvalue weighted by Crippen LogP contribution is 2.24. The van der Waals surface area contributed by atoms with Gasteiger partial charge in [0.15, 0.2) is 0 Å². The summed E-state index contributed by atoms with van der Waals surface area (Å²) < 4.78 is 15.7. The predicted octanol–water partition coefficient (Wildman–Crippen LogP) is 4.40. The minimum atomic E-state index is -1.01. The number of hydrogen-bond acceptors (Lipinski definition) is 1. The highest BCUT2D eigenvalue weighted by Gasteiger charge is 2.27. The zero-order chi connectivity index (χ0) is 16.0. The second-order valence-corrected chi connectivity index (χ2v) is 9.15. The number of rotatable bonds is 6. The molecule has 3 heteroatoms. The quantitative estimate of drug-likeness (QED) is 0.774. The second kappa shape index (κ2) is 8.07. The average molecular weight is 320 g/mol. The van der Waals surface area contributed by atoms with Crippen LogP contribution in [0.5, 0.6) is 0 Å². The second-order valence-electron chi connectivity index (χ2n) is 7.15. The number of hydrogen-bond donors (Lipinski definition) is 1. The topological polar surface area (TPSA) is 29.1 Å². The summed E-state index contributed by atoms with van der Waals surface area (Å²) in [5, 5.41) is 0. The summed E-state index contributed by atoms with van der Waals surface area (Å²) in [4.78, 5) is 0. The van der Waals surface area contributed by atoms with E-state index in [9.17, 15) is 4.21 Å². The van der Waals surface area contributed by atoms with Gasteiger partial charge in [-0.15, -0.1) is 0 Å². The third-order valence-corrected chi connectivity index (χ3v) is 5.84. The molecule has 0 fully saturated rings. The van der Waals surface area contributed by atoms with Gasteiger partial charge in [-0.3, -0.25) is 0 Å². The molecule has 122 valence electrons. The maximum absolute atomic E-state index is 12.5. The summed E-state index contributed by atoms with van der Waals surface area (Å²) in [5.41, 5.74) is 1.36. The van der Waals surface area contributed by atoms with Crippen LogP contribution < -0.4 is 4.72 Å². The summed E-state index contributed by atoms with van der Waals surface area (Å²) in [7, 11) is -1.01. The van der Waals surface area contributed by atoms with Crippen LogP contribution in [0.3, 0.4) is 0 Å². The average Bonchev–Trinajstić information content (AvgIpc) is 2.52. The Balaban J connectivity index is 2.02. The fraction of sp³-hybridized carbons (Fsp3) is 0.579. The fourth-order valence-corrected chi connectivity index (χ4v) is 3.74. The van der Waals surface area contributed by atoms with Gasteiger partial charge in [0.05, 0.1) is 15.7 Å². The van der Waals surface area contributed by atoms with Crippen LogP contribution in [0.15, 0.2) is 42.5 Å². The first kappa shape index (κ1) is 17.4. The molecule has 0 saturated heterocycles. The Labute approximate surface area is 138 Å². The van der Waals surface area contributed by atoms with Gasteiger partial charge in [-0.25, -0.2) is 8.93 Å². The molecule has 1 aromatic carbocycles. The monoisotopic (exact) mass is 319 g/mol. The van der Waals surface area contributed by atoms with Crippen LogP contribution in [0.1, 0.15) is 52.0 Å². The molecular weight excluding hydrogens is 290 g/mol. The van der Waals surface area contributed by atoms with Gasteiger partial charge in [-0.1, -0.05) is 42.5 Å². The van der Waals surface area contributed by atoms with Gasteiger partial charge < -0.3 is 0 Å². The van der Waals surface area contributed by atoms with E-state index in [-0.39, 0.29) is 10.8 Å². The van der Waals surface area contributed by atoms with Crippen molar-refractivity contribution in [3.05, 3.63) is 48.0 Å². The van der Waals surface area contributed by atoms with Crippen LogP contribution in [0.2, 0.25) is 0 Å². The molecule has 0 radical (unpaired) electrons. The first-order chi connectivity index (χ1) is 10.5. The zero-order valence-corrected chi connectivity index (χ0v) is 14.9. The van der Waals surface area contributed by atoms with Crippen LogP contribution in [-0.4, -0.2) is 15.0 Å². The van der Waals surface area contributed by atoms with Gasteiger partial charge in [0.2, 0.25) is 0 Å². The van der Waals surface area contributed by atoms with Gasteiger partial charge in [0, 0.05) is 6.04 Å². The van der Waals surface area contributed by atoms with Crippen molar-refractivity contribution < 1.29 is 4.21 Å². The maximum atomic E-state index is 12.5. The third-order valence-electron chi connectivity index (χ3n) is 4.21. The summed E-state index contributed by atoms with van der Waals surface area (Å²) in [5.74, 6) is 0.503. The van der Waals surface area contributed by atoms with Crippen LogP contribution in [0, 0.1) is 5.92 Å². The van der Waals surface area contributed by atoms with Crippen molar-refractivity contribution in [3.8, 4) is 0 Å². The smallest absolute Gasteiger partial charge is 0.0972 e. The van der Waals surface area contributed by atoms with E-state index in [2.05, 4.69) is 47.2 Å². The van der Waals surface area contributed by atoms with Crippen molar-refractivity contribution in [2.45, 2.75) is 63.7 Å². The highest BCUT2D eigenvalue weighted by atomic mass is 32.2. The molecule has 0 amide bonds. The van der Waals surface area contributed by atoms with E-state index in [1.165, 1.54) is 24.8 Å². The molecule has 0 spiro atoms. The van der Waals surface area contributed by atoms with E-state index >= 15 is 0 Å². The Bertz CT molecular complexity index is 504. The van der Waals surface area contributed by atoms with Crippen molar-refractivity contribution in [2.75, 3.05) is 0 Å². The molecule has 2 nitrogen and oxygen atoms in total. The Morgan fingerprint density at radius 3 is 2.59 bits per heavy atom. The zero-order valence-electron chi connectivity index (χ0n) is 14.0. The van der Waals surface area contributed by atoms with Crippen molar-refractivity contribution in [1.29, 1.82) is 0 Å². The van der Waals surface area contributed by atoms with Crippen LogP contribution in [0.25, 0.3) is 0 Å². The van der Waals surface area contributed by atoms with E-state index in [1.807, 2.05) is 20.8 Å². The fourth-order valence-electron chi connectivity index (χ4n) is 2.82. The molecule has 1 aliphatic carbocycles. The summed E-state index contributed by atoms with van der Waals surface area (Å²) in [6.07, 6.45) is 10.3. The predicted molar refractivity (Wildman–Crippen MR) is 96.1 cm³/mol. The van der Waals surface area contributed by atoms with Crippen LogP contribution in [-0.2, 0) is 17.4 Å². The summed E-state index contributed by atoms with van der Waals surface area (Å²) >= 11 is 0. The van der Waals surface area contributed by atoms with Crippen LogP contribution >= 0.6 is 0 Å². The first-order valence-electron chi connectivity index (χ1n) is 8.35. The molecule has 22 heavy (non-hydrogen) atoms. The third kappa shape index (κ3) is 5.36. The number of nitrogens with one attached hydrogen (secondary N) is 1. The largest absolute Gasteiger partial charge is 0.242 e. The van der Waals surface area contributed by atoms with Crippen molar-refractivity contribution in [1.82, 2.24) is 4.72 Å². The molecule has 0 aliphatic heterocycles. The first-order valence-corrected chi connectivity index (χ1v) is 9.50. The number of aryl methyl sites for hydroxylation is 1. The maximum Gasteiger partial charge on any atom is 0.0972 e. The lowest BCUT2D eigenvalue weighted by Gasteiger charge is -2.30. The van der Waals surface area contributed by atoms with Gasteiger partial charge in [0.25, 0.3) is 0 Å². The molecule has 2 rings (SSSR count). The molecule has 3 atom stereocenters. The normalized spacial score (nSPS) is 21.5. The standard InChI is InChI=1S/C19H29NOS/c1-19(2,3)22(21)20-18(17-12-8-5-9-13-17)15-14-16-10-6-4-7-11-16/h4,6-8,10-12,17-18,20H,5,9,13-15H2,1-3H3/t17-,18-,22?/m1/s1. The van der Waals surface area contributed by atoms with E-state index < -0.39 is 11.0 Å². The molecule has 0 bridgehead atoms. The SMILES string of the molecule is CC(C)(C)S(=O)N[C@H](CCc1ccccc1)[C@@H]1C=CCCC1. The van der Waals surface area contributed by atoms with E-state index in [0.717, 1.165) is 12.8 Å². The van der Waals surface area contributed by atoms with Crippen LogP contribution in [0.4, 0.5) is 0 Å². The molecule has 1 aromatic rings. The lowest BCUT2D eigenvalue weighted by Crippen LogP contribution is -2.43. The lowest BCUT2D eigenvalue weighted by molar-refractivity contribution is 0.398. The Morgan fingerprint density at radius 2 is 2.00 bits per heavy atom. The van der Waals surface area contributed by atoms with Gasteiger partial charge in [-0.05, 0) is 64.4 Å². The highest BCUT2D eigenvalue weighted by molar-refractivity contribution is 7.84. The molecular formula is C19H29NOS. The number of benzene rings is 1. The van der Waals surface area contributed by atoms with Crippen molar-refractivity contribution >= 4 is 11.0 Å². The Hall–Kier alpha value is -0.930. The Kier molecular flexibility index (Phi) is 6.39. The lowest BCUT2D eigenvalue weighted by atomic mass is 9.87. The molecule has 1 unspecified atom stereocenters. The molecule has 1 aliphatic rings. The summed E-state index contributed by atoms with van der Waals surface area (Å²) in [6.45, 7) is 6.09. The summed E-state index contributed by atoms with van der Waals surface area (Å²) in [6, 6.07) is 10.9. The molecule has 0 saturated carbocycles.